The highest BCUT2D eigenvalue weighted by atomic mass is 35.5. The smallest absolute Gasteiger partial charge is 0.222 e. The molecule has 0 atom stereocenters. The third-order valence-corrected chi connectivity index (χ3v) is 4.22. The van der Waals surface area contributed by atoms with Crippen LogP contribution in [0.1, 0.15) is 38.2 Å². The number of carbonyl (C=O) groups is 1. The summed E-state index contributed by atoms with van der Waals surface area (Å²) in [6.45, 7) is 5.28. The normalized spacial score (nSPS) is 15.2. The van der Waals surface area contributed by atoms with E-state index in [4.69, 9.17) is 0 Å². The molecule has 1 aromatic rings. The fraction of sp³-hybridized carbons (Fsp3) is 0.588. The molecule has 1 fully saturated rings. The first-order chi connectivity index (χ1) is 10.2. The molecule has 0 spiro atoms. The monoisotopic (exact) mass is 328 g/mol. The summed E-state index contributed by atoms with van der Waals surface area (Å²) in [5, 5.41) is 3.34. The maximum atomic E-state index is 13.2. The highest BCUT2D eigenvalue weighted by Crippen LogP contribution is 2.19. The number of rotatable bonds is 6. The topological polar surface area (TPSA) is 32.3 Å². The lowest BCUT2D eigenvalue weighted by Crippen LogP contribution is -2.32. The Morgan fingerprint density at radius 2 is 2.09 bits per heavy atom. The second-order valence-corrected chi connectivity index (χ2v) is 5.77. The number of piperidine rings is 1. The number of hydrogen-bond donors (Lipinski definition) is 1. The van der Waals surface area contributed by atoms with E-state index in [0.717, 1.165) is 25.1 Å². The largest absolute Gasteiger partial charge is 0.339 e. The van der Waals surface area contributed by atoms with Gasteiger partial charge in [0.25, 0.3) is 0 Å². The van der Waals surface area contributed by atoms with Crippen LogP contribution in [0.5, 0.6) is 0 Å². The van der Waals surface area contributed by atoms with E-state index in [0.29, 0.717) is 25.4 Å². The lowest BCUT2D eigenvalue weighted by atomic mass is 9.93. The van der Waals surface area contributed by atoms with Crippen LogP contribution in [-0.2, 0) is 11.3 Å². The average molecular weight is 329 g/mol. The quantitative estimate of drug-likeness (QED) is 0.868. The molecule has 1 aliphatic heterocycles. The Kier molecular flexibility index (Phi) is 8.43. The van der Waals surface area contributed by atoms with E-state index in [1.54, 1.807) is 6.07 Å². The molecule has 0 saturated carbocycles. The Morgan fingerprint density at radius 3 is 2.73 bits per heavy atom. The molecule has 1 heterocycles. The third kappa shape index (κ3) is 5.93. The zero-order chi connectivity index (χ0) is 15.1. The van der Waals surface area contributed by atoms with Crippen LogP contribution in [0.15, 0.2) is 24.3 Å². The van der Waals surface area contributed by atoms with Crippen molar-refractivity contribution < 1.29 is 9.18 Å². The molecule has 22 heavy (non-hydrogen) atoms. The van der Waals surface area contributed by atoms with Gasteiger partial charge in [-0.25, -0.2) is 4.39 Å². The van der Waals surface area contributed by atoms with Gasteiger partial charge in [0.05, 0.1) is 0 Å². The van der Waals surface area contributed by atoms with Crippen molar-refractivity contribution >= 4 is 18.3 Å². The first-order valence-electron chi connectivity index (χ1n) is 7.92. The van der Waals surface area contributed by atoms with Crippen molar-refractivity contribution in [3.05, 3.63) is 35.6 Å². The maximum Gasteiger partial charge on any atom is 0.222 e. The molecule has 1 aliphatic rings. The number of amides is 1. The average Bonchev–Trinajstić information content (AvgIpc) is 2.51. The molecule has 0 aliphatic carbocycles. The predicted molar refractivity (Wildman–Crippen MR) is 89.6 cm³/mol. The minimum absolute atomic E-state index is 0. The van der Waals surface area contributed by atoms with Crippen molar-refractivity contribution in [3.8, 4) is 0 Å². The van der Waals surface area contributed by atoms with Crippen LogP contribution in [-0.4, -0.2) is 30.4 Å². The van der Waals surface area contributed by atoms with E-state index >= 15 is 0 Å². The van der Waals surface area contributed by atoms with Crippen molar-refractivity contribution in [2.75, 3.05) is 19.6 Å². The molecule has 1 aromatic carbocycles. The molecule has 3 nitrogen and oxygen atoms in total. The SMILES string of the molecule is CCN(Cc1cccc(F)c1)C(=O)CCC1CCNCC1.Cl. The highest BCUT2D eigenvalue weighted by Gasteiger charge is 2.17. The molecule has 0 radical (unpaired) electrons. The number of nitrogens with one attached hydrogen (secondary N) is 1. The lowest BCUT2D eigenvalue weighted by molar-refractivity contribution is -0.132. The van der Waals surface area contributed by atoms with Gasteiger partial charge in [0, 0.05) is 19.5 Å². The Hall–Kier alpha value is -1.13. The van der Waals surface area contributed by atoms with Crippen molar-refractivity contribution in [1.82, 2.24) is 10.2 Å². The molecular formula is C17H26ClFN2O. The maximum absolute atomic E-state index is 13.2. The van der Waals surface area contributed by atoms with Crippen molar-refractivity contribution in [2.24, 2.45) is 5.92 Å². The zero-order valence-electron chi connectivity index (χ0n) is 13.2. The predicted octanol–water partition coefficient (Wildman–Crippen LogP) is 3.38. The van der Waals surface area contributed by atoms with Crippen LogP contribution < -0.4 is 5.32 Å². The van der Waals surface area contributed by atoms with Gasteiger partial charge in [0.2, 0.25) is 5.91 Å². The van der Waals surface area contributed by atoms with E-state index in [9.17, 15) is 9.18 Å². The number of benzene rings is 1. The van der Waals surface area contributed by atoms with Gasteiger partial charge in [-0.05, 0) is 62.9 Å². The van der Waals surface area contributed by atoms with E-state index in [1.165, 1.54) is 25.0 Å². The van der Waals surface area contributed by atoms with E-state index in [-0.39, 0.29) is 24.1 Å². The summed E-state index contributed by atoms with van der Waals surface area (Å²) in [6.07, 6.45) is 3.92. The van der Waals surface area contributed by atoms with Crippen LogP contribution in [0.4, 0.5) is 4.39 Å². The van der Waals surface area contributed by atoms with Gasteiger partial charge in [-0.1, -0.05) is 12.1 Å². The van der Waals surface area contributed by atoms with E-state index in [2.05, 4.69) is 5.32 Å². The number of carbonyl (C=O) groups excluding carboxylic acids is 1. The molecule has 2 rings (SSSR count). The Labute approximate surface area is 138 Å². The Bertz CT molecular complexity index is 464. The van der Waals surface area contributed by atoms with Crippen molar-refractivity contribution in [2.45, 2.75) is 39.2 Å². The zero-order valence-corrected chi connectivity index (χ0v) is 14.0. The van der Waals surface area contributed by atoms with Crippen LogP contribution in [0.25, 0.3) is 0 Å². The molecule has 124 valence electrons. The molecule has 1 saturated heterocycles. The molecule has 0 bridgehead atoms. The standard InChI is InChI=1S/C17H25FN2O.ClH/c1-2-20(13-15-4-3-5-16(18)12-15)17(21)7-6-14-8-10-19-11-9-14;/h3-5,12,14,19H,2,6-11,13H2,1H3;1H. The van der Waals surface area contributed by atoms with E-state index in [1.807, 2.05) is 17.9 Å². The summed E-state index contributed by atoms with van der Waals surface area (Å²) in [7, 11) is 0. The number of nitrogens with zero attached hydrogens (tertiary/aromatic N) is 1. The molecule has 5 heteroatoms. The summed E-state index contributed by atoms with van der Waals surface area (Å²) in [4.78, 5) is 14.1. The van der Waals surface area contributed by atoms with Gasteiger partial charge in [0.1, 0.15) is 5.82 Å². The third-order valence-electron chi connectivity index (χ3n) is 4.22. The van der Waals surface area contributed by atoms with E-state index < -0.39 is 0 Å². The number of halogens is 2. The molecule has 1 N–H and O–H groups in total. The summed E-state index contributed by atoms with van der Waals surface area (Å²) in [6, 6.07) is 6.49. The van der Waals surface area contributed by atoms with Crippen LogP contribution in [0.2, 0.25) is 0 Å². The minimum atomic E-state index is -0.245. The molecule has 0 aromatic heterocycles. The Balaban J connectivity index is 0.00000242. The summed E-state index contributed by atoms with van der Waals surface area (Å²) < 4.78 is 13.2. The van der Waals surface area contributed by atoms with Gasteiger partial charge in [0.15, 0.2) is 0 Å². The number of hydrogen-bond acceptors (Lipinski definition) is 2. The van der Waals surface area contributed by atoms with Crippen LogP contribution in [0.3, 0.4) is 0 Å². The van der Waals surface area contributed by atoms with Gasteiger partial charge < -0.3 is 10.2 Å². The summed E-state index contributed by atoms with van der Waals surface area (Å²) in [5.41, 5.74) is 0.854. The fourth-order valence-corrected chi connectivity index (χ4v) is 2.89. The molecule has 1 amide bonds. The second kappa shape index (κ2) is 9.80. The summed E-state index contributed by atoms with van der Waals surface area (Å²) in [5.74, 6) is 0.606. The van der Waals surface area contributed by atoms with Crippen molar-refractivity contribution in [3.63, 3.8) is 0 Å². The van der Waals surface area contributed by atoms with Gasteiger partial charge in [-0.3, -0.25) is 4.79 Å². The molecular weight excluding hydrogens is 303 g/mol. The van der Waals surface area contributed by atoms with Gasteiger partial charge >= 0.3 is 0 Å². The highest BCUT2D eigenvalue weighted by molar-refractivity contribution is 5.85. The lowest BCUT2D eigenvalue weighted by Gasteiger charge is -2.25. The van der Waals surface area contributed by atoms with Crippen LogP contribution >= 0.6 is 12.4 Å². The van der Waals surface area contributed by atoms with Gasteiger partial charge in [-0.2, -0.15) is 0 Å². The van der Waals surface area contributed by atoms with Gasteiger partial charge in [-0.15, -0.1) is 12.4 Å². The molecule has 0 unspecified atom stereocenters. The van der Waals surface area contributed by atoms with Crippen molar-refractivity contribution in [1.29, 1.82) is 0 Å². The minimum Gasteiger partial charge on any atom is -0.339 e. The van der Waals surface area contributed by atoms with Crippen LogP contribution in [0, 0.1) is 11.7 Å². The first kappa shape index (κ1) is 18.9. The first-order valence-corrected chi connectivity index (χ1v) is 7.92. The summed E-state index contributed by atoms with van der Waals surface area (Å²) >= 11 is 0. The Morgan fingerprint density at radius 1 is 1.36 bits per heavy atom. The fourth-order valence-electron chi connectivity index (χ4n) is 2.89. The second-order valence-electron chi connectivity index (χ2n) is 5.77.